The van der Waals surface area contributed by atoms with Crippen LogP contribution in [0.1, 0.15) is 74.1 Å². The molecule has 0 unspecified atom stereocenters. The van der Waals surface area contributed by atoms with Gasteiger partial charge in [0.15, 0.2) is 13.9 Å². The summed E-state index contributed by atoms with van der Waals surface area (Å²) in [5.74, 6) is -1.34. The molecule has 0 aromatic heterocycles. The van der Waals surface area contributed by atoms with Gasteiger partial charge in [-0.3, -0.25) is 19.2 Å². The molecule has 62 heavy (non-hydrogen) atoms. The van der Waals surface area contributed by atoms with Crippen LogP contribution in [0.15, 0.2) is 113 Å². The predicted molar refractivity (Wildman–Crippen MR) is 239 cm³/mol. The topological polar surface area (TPSA) is 156 Å². The summed E-state index contributed by atoms with van der Waals surface area (Å²) in [5.41, 5.74) is 4.42. The number of hydrogen-bond acceptors (Lipinski definition) is 9. The molecule has 4 amide bonds. The minimum atomic E-state index is -3.13. The lowest BCUT2D eigenvalue weighted by Crippen LogP contribution is -2.46. The predicted octanol–water partition coefficient (Wildman–Crippen LogP) is 6.47. The quantitative estimate of drug-likeness (QED) is 0.174. The Bertz CT molecular complexity index is 2460. The highest BCUT2D eigenvalue weighted by molar-refractivity contribution is 6.71. The molecule has 0 saturated carbocycles. The molecule has 1 spiro atoms. The lowest BCUT2D eigenvalue weighted by Gasteiger charge is -2.33. The van der Waals surface area contributed by atoms with Gasteiger partial charge >= 0.3 is 0 Å². The van der Waals surface area contributed by atoms with E-state index in [2.05, 4.69) is 0 Å². The first-order chi connectivity index (χ1) is 29.9. The van der Waals surface area contributed by atoms with Crippen molar-refractivity contribution in [1.29, 1.82) is 0 Å². The van der Waals surface area contributed by atoms with Gasteiger partial charge in [-0.25, -0.2) is 10.0 Å². The van der Waals surface area contributed by atoms with Crippen molar-refractivity contribution in [2.24, 2.45) is 16.1 Å². The Kier molecular flexibility index (Phi) is 11.0. The van der Waals surface area contributed by atoms with Crippen LogP contribution < -0.4 is 14.9 Å². The van der Waals surface area contributed by atoms with Gasteiger partial charge in [0, 0.05) is 49.3 Å². The summed E-state index contributed by atoms with van der Waals surface area (Å²) in [6, 6.07) is 32.2. The Morgan fingerprint density at radius 1 is 0.806 bits per heavy atom. The highest BCUT2D eigenvalue weighted by atomic mass is 28.4. The molecule has 9 rings (SSSR count). The van der Waals surface area contributed by atoms with E-state index < -0.39 is 31.5 Å². The van der Waals surface area contributed by atoms with Gasteiger partial charge in [0.2, 0.25) is 17.7 Å². The summed E-state index contributed by atoms with van der Waals surface area (Å²) in [4.78, 5) is 71.4. The second-order valence-corrected chi connectivity index (χ2v) is 21.6. The molecule has 14 heteroatoms. The summed E-state index contributed by atoms with van der Waals surface area (Å²) in [7, 11) is -3.13. The maximum Gasteiger partial charge on any atom is 0.264 e. The number of benzene rings is 4. The SMILES string of the molecule is C[C@H]1[C@H]([Si](C)(C)O)[C@@H](CC(=O)N2CCC[C@H]2CO)O[C@]12C(=O)N(Cc1ccc(N3N=C(c4ccccc4)CCC3=O)cc1)c1ccc(N3N=C(c4ccccc4)CCC3=O)cc12. The maximum absolute atomic E-state index is 15.4. The fraction of sp³-hybridized carbons (Fsp3) is 0.375. The zero-order valence-corrected chi connectivity index (χ0v) is 36.3. The number of rotatable bonds is 10. The van der Waals surface area contributed by atoms with Gasteiger partial charge in [-0.15, -0.1) is 0 Å². The first-order valence-corrected chi connectivity index (χ1v) is 24.7. The highest BCUT2D eigenvalue weighted by Gasteiger charge is 2.66. The molecule has 0 bridgehead atoms. The number of nitrogens with zero attached hydrogens (tertiary/aromatic N) is 6. The van der Waals surface area contributed by atoms with Crippen molar-refractivity contribution in [3.8, 4) is 0 Å². The van der Waals surface area contributed by atoms with Gasteiger partial charge in [0.25, 0.3) is 5.91 Å². The Morgan fingerprint density at radius 3 is 1.97 bits per heavy atom. The fourth-order valence-electron chi connectivity index (χ4n) is 10.3. The number of likely N-dealkylation sites (tertiary alicyclic amines) is 1. The summed E-state index contributed by atoms with van der Waals surface area (Å²) in [6.07, 6.45) is 2.30. The van der Waals surface area contributed by atoms with E-state index in [4.69, 9.17) is 14.9 Å². The minimum Gasteiger partial charge on any atom is -0.432 e. The number of aliphatic hydroxyl groups is 1. The molecule has 320 valence electrons. The van der Waals surface area contributed by atoms with Crippen LogP contribution in [0, 0.1) is 5.92 Å². The first kappa shape index (κ1) is 41.5. The van der Waals surface area contributed by atoms with Crippen LogP contribution in [0.4, 0.5) is 17.1 Å². The van der Waals surface area contributed by atoms with Gasteiger partial charge in [0.1, 0.15) is 0 Å². The molecule has 0 radical (unpaired) electrons. The van der Waals surface area contributed by atoms with Gasteiger partial charge in [0.05, 0.1) is 60.2 Å². The number of aliphatic hydroxyl groups excluding tert-OH is 1. The normalized spacial score (nSPS) is 25.1. The van der Waals surface area contributed by atoms with Crippen molar-refractivity contribution >= 4 is 60.4 Å². The summed E-state index contributed by atoms with van der Waals surface area (Å²) in [5, 5.41) is 22.4. The smallest absolute Gasteiger partial charge is 0.264 e. The molecule has 0 aliphatic carbocycles. The van der Waals surface area contributed by atoms with Crippen LogP contribution >= 0.6 is 0 Å². The first-order valence-electron chi connectivity index (χ1n) is 21.6. The Balaban J connectivity index is 1.09. The molecule has 2 N–H and O–H groups in total. The van der Waals surface area contributed by atoms with E-state index >= 15 is 4.79 Å². The molecule has 2 saturated heterocycles. The average Bonchev–Trinajstić information content (AvgIpc) is 3.95. The fourth-order valence-corrected chi connectivity index (χ4v) is 12.9. The Hall–Kier alpha value is -5.80. The van der Waals surface area contributed by atoms with Crippen molar-refractivity contribution in [1.82, 2.24) is 4.90 Å². The van der Waals surface area contributed by atoms with Gasteiger partial charge < -0.3 is 24.4 Å². The third-order valence-corrected chi connectivity index (χ3v) is 15.8. The summed E-state index contributed by atoms with van der Waals surface area (Å²) >= 11 is 0. The molecule has 5 atom stereocenters. The average molecular weight is 853 g/mol. The monoisotopic (exact) mass is 852 g/mol. The lowest BCUT2D eigenvalue weighted by atomic mass is 9.82. The molecule has 13 nitrogen and oxygen atoms in total. The Morgan fingerprint density at radius 2 is 1.39 bits per heavy atom. The zero-order chi connectivity index (χ0) is 43.3. The van der Waals surface area contributed by atoms with Crippen molar-refractivity contribution in [3.63, 3.8) is 0 Å². The van der Waals surface area contributed by atoms with E-state index in [9.17, 15) is 24.3 Å². The second-order valence-electron chi connectivity index (χ2n) is 17.6. The van der Waals surface area contributed by atoms with Crippen LogP contribution in [-0.2, 0) is 36.1 Å². The van der Waals surface area contributed by atoms with Crippen molar-refractivity contribution in [3.05, 3.63) is 125 Å². The molecule has 5 aliphatic rings. The van der Waals surface area contributed by atoms with Crippen molar-refractivity contribution in [2.45, 2.75) is 94.8 Å². The largest absolute Gasteiger partial charge is 0.432 e. The number of hydrogen-bond donors (Lipinski definition) is 2. The van der Waals surface area contributed by atoms with Crippen LogP contribution in [0.3, 0.4) is 0 Å². The van der Waals surface area contributed by atoms with E-state index in [1.54, 1.807) is 15.9 Å². The number of fused-ring (bicyclic) bond motifs is 2. The van der Waals surface area contributed by atoms with Gasteiger partial charge in [-0.05, 0) is 73.0 Å². The number of carbonyl (C=O) groups excluding carboxylic acids is 4. The molecule has 4 aromatic carbocycles. The summed E-state index contributed by atoms with van der Waals surface area (Å²) < 4.78 is 7.06. The number of amides is 4. The van der Waals surface area contributed by atoms with Gasteiger partial charge in [-0.2, -0.15) is 10.2 Å². The van der Waals surface area contributed by atoms with E-state index in [1.165, 1.54) is 10.0 Å². The van der Waals surface area contributed by atoms with Crippen LogP contribution in [0.25, 0.3) is 0 Å². The molecule has 5 aliphatic heterocycles. The third kappa shape index (κ3) is 7.38. The molecule has 2 fully saturated rings. The van der Waals surface area contributed by atoms with Crippen LogP contribution in [0.5, 0.6) is 0 Å². The molecular formula is C48H52N6O7Si. The van der Waals surface area contributed by atoms with Crippen LogP contribution in [-0.4, -0.2) is 83.5 Å². The van der Waals surface area contributed by atoms with E-state index in [1.807, 2.05) is 117 Å². The van der Waals surface area contributed by atoms with Crippen LogP contribution in [0.2, 0.25) is 18.6 Å². The molecule has 4 aromatic rings. The second kappa shape index (κ2) is 16.5. The Labute approximate surface area is 362 Å². The van der Waals surface area contributed by atoms with E-state index in [0.717, 1.165) is 34.5 Å². The van der Waals surface area contributed by atoms with E-state index in [0.29, 0.717) is 54.9 Å². The summed E-state index contributed by atoms with van der Waals surface area (Å²) in [6.45, 7) is 6.13. The molecular weight excluding hydrogens is 801 g/mol. The van der Waals surface area contributed by atoms with Gasteiger partial charge in [-0.1, -0.05) is 79.7 Å². The van der Waals surface area contributed by atoms with E-state index in [-0.39, 0.29) is 55.7 Å². The minimum absolute atomic E-state index is 0.0486. The van der Waals surface area contributed by atoms with Crippen molar-refractivity contribution < 1.29 is 33.8 Å². The standard InChI is InChI=1S/C48H52N6O7Si/c1-31-46(62(2,3)60)42(28-45(58)51-26-10-15-37(51)30-55)61-48(31)38-27-36(54-44(57)25-22-40(50-54)34-13-8-5-9-14-34)20-23-41(38)52(47(48)59)29-32-16-18-35(19-17-32)53-43(56)24-21-39(49-53)33-11-6-4-7-12-33/h4-9,11-14,16-20,23,27,31,37,42,46,55,60H,10,15,21-22,24-26,28-30H2,1-3H3/t31-,37-,42+,46-,48+/m0/s1. The number of anilines is 3. The lowest BCUT2D eigenvalue weighted by molar-refractivity contribution is -0.150. The number of ether oxygens (including phenoxy) is 1. The maximum atomic E-state index is 15.4. The number of hydrazone groups is 2. The molecule has 5 heterocycles. The van der Waals surface area contributed by atoms with Crippen molar-refractivity contribution in [2.75, 3.05) is 28.1 Å². The zero-order valence-electron chi connectivity index (χ0n) is 35.3. The third-order valence-electron chi connectivity index (χ3n) is 13.3. The number of carbonyl (C=O) groups is 4. The highest BCUT2D eigenvalue weighted by Crippen LogP contribution is 2.60.